The molecule has 0 aliphatic heterocycles. The normalized spacial score (nSPS) is 40.2. The van der Waals surface area contributed by atoms with Crippen molar-refractivity contribution in [3.05, 3.63) is 24.3 Å². The minimum absolute atomic E-state index is 0.0261. The van der Waals surface area contributed by atoms with E-state index in [2.05, 4.69) is 6.58 Å². The number of hydrogen-bond donors (Lipinski definition) is 2. The molecule has 0 spiro atoms. The monoisotopic (exact) mass is 280 g/mol. The Morgan fingerprint density at radius 1 is 1.55 bits per heavy atom. The van der Waals surface area contributed by atoms with Gasteiger partial charge in [0, 0.05) is 16.9 Å². The summed E-state index contributed by atoms with van der Waals surface area (Å²) >= 11 is 0. The molecule has 0 unspecified atom stereocenters. The summed E-state index contributed by atoms with van der Waals surface area (Å²) in [5.41, 5.74) is -1.41. The van der Waals surface area contributed by atoms with Crippen molar-refractivity contribution in [1.29, 1.82) is 0 Å². The van der Waals surface area contributed by atoms with Crippen molar-refractivity contribution >= 4 is 11.8 Å². The number of carboxylic acids is 1. The number of rotatable bonds is 3. The maximum Gasteiger partial charge on any atom is 0.331 e. The molecule has 0 bridgehead atoms. The highest BCUT2D eigenvalue weighted by atomic mass is 17.1. The van der Waals surface area contributed by atoms with Gasteiger partial charge >= 0.3 is 5.97 Å². The van der Waals surface area contributed by atoms with Gasteiger partial charge in [0.1, 0.15) is 5.60 Å². The first-order valence-corrected chi connectivity index (χ1v) is 6.75. The third-order valence-corrected chi connectivity index (χ3v) is 5.33. The van der Waals surface area contributed by atoms with Crippen molar-refractivity contribution in [2.75, 3.05) is 0 Å². The largest absolute Gasteiger partial charge is 0.478 e. The second-order valence-electron chi connectivity index (χ2n) is 6.13. The lowest BCUT2D eigenvalue weighted by atomic mass is 9.52. The maximum atomic E-state index is 12.0. The smallest absolute Gasteiger partial charge is 0.331 e. The number of ketones is 1. The lowest BCUT2D eigenvalue weighted by molar-refractivity contribution is -0.350. The van der Waals surface area contributed by atoms with Crippen LogP contribution in [-0.2, 0) is 14.5 Å². The molecular formula is C15H20O5. The zero-order chi connectivity index (χ0) is 15.1. The molecule has 2 rings (SSSR count). The van der Waals surface area contributed by atoms with Crippen molar-refractivity contribution in [1.82, 2.24) is 0 Å². The minimum Gasteiger partial charge on any atom is -0.478 e. The fraction of sp³-hybridized carbons (Fsp3) is 0.600. The van der Waals surface area contributed by atoms with Crippen LogP contribution in [0.1, 0.15) is 33.1 Å². The Labute approximate surface area is 117 Å². The second-order valence-corrected chi connectivity index (χ2v) is 6.13. The van der Waals surface area contributed by atoms with Crippen molar-refractivity contribution < 1.29 is 24.8 Å². The van der Waals surface area contributed by atoms with E-state index < -0.39 is 17.0 Å². The molecule has 5 nitrogen and oxygen atoms in total. The summed E-state index contributed by atoms with van der Waals surface area (Å²) in [5.74, 6) is -1.59. The Morgan fingerprint density at radius 3 is 2.75 bits per heavy atom. The molecule has 0 heterocycles. The van der Waals surface area contributed by atoms with Gasteiger partial charge in [-0.1, -0.05) is 20.4 Å². The van der Waals surface area contributed by atoms with Gasteiger partial charge in [-0.25, -0.2) is 9.68 Å². The lowest BCUT2D eigenvalue weighted by Crippen LogP contribution is -2.58. The van der Waals surface area contributed by atoms with Crippen LogP contribution in [0.15, 0.2) is 24.3 Å². The first-order valence-electron chi connectivity index (χ1n) is 6.75. The molecule has 5 heteroatoms. The van der Waals surface area contributed by atoms with Gasteiger partial charge in [0.2, 0.25) is 0 Å². The van der Waals surface area contributed by atoms with E-state index in [1.807, 2.05) is 6.92 Å². The molecule has 2 aliphatic rings. The first-order chi connectivity index (χ1) is 9.27. The number of hydrogen-bond acceptors (Lipinski definition) is 4. The number of carbonyl (C=O) groups is 2. The standard InChI is InChI=1S/C15H20O5/c1-9(13(17)18)11-4-6-15(20-19)7-5-12(16)10(2)14(15,3)8-11/h5,7,10-11,19H,1,4,6,8H2,2-3H3,(H,17,18)/t10-,11+,14+,15+/m0/s1. The van der Waals surface area contributed by atoms with Crippen LogP contribution < -0.4 is 0 Å². The topological polar surface area (TPSA) is 83.8 Å². The van der Waals surface area contributed by atoms with Crippen LogP contribution in [0.5, 0.6) is 0 Å². The second kappa shape index (κ2) is 4.82. The maximum absolute atomic E-state index is 12.0. The summed E-state index contributed by atoms with van der Waals surface area (Å²) in [6, 6.07) is 0. The Bertz CT molecular complexity index is 494. The Kier molecular flexibility index (Phi) is 3.60. The van der Waals surface area contributed by atoms with Gasteiger partial charge in [0.05, 0.1) is 0 Å². The van der Waals surface area contributed by atoms with E-state index in [0.29, 0.717) is 19.3 Å². The van der Waals surface area contributed by atoms with E-state index in [4.69, 9.17) is 9.99 Å². The van der Waals surface area contributed by atoms with Crippen LogP contribution in [0.4, 0.5) is 0 Å². The number of allylic oxidation sites excluding steroid dienone is 1. The Balaban J connectivity index is 2.39. The molecule has 2 aliphatic carbocycles. The third kappa shape index (κ3) is 1.93. The predicted molar refractivity (Wildman–Crippen MR) is 72.0 cm³/mol. The van der Waals surface area contributed by atoms with Crippen molar-refractivity contribution in [3.8, 4) is 0 Å². The Morgan fingerprint density at radius 2 is 2.20 bits per heavy atom. The van der Waals surface area contributed by atoms with Gasteiger partial charge in [-0.15, -0.1) is 0 Å². The molecule has 110 valence electrons. The predicted octanol–water partition coefficient (Wildman–Crippen LogP) is 2.44. The van der Waals surface area contributed by atoms with Gasteiger partial charge < -0.3 is 5.11 Å². The lowest BCUT2D eigenvalue weighted by Gasteiger charge is -2.54. The summed E-state index contributed by atoms with van der Waals surface area (Å²) in [6.45, 7) is 7.30. The van der Waals surface area contributed by atoms with E-state index in [9.17, 15) is 14.8 Å². The number of carbonyl (C=O) groups excluding carboxylic acids is 1. The molecular weight excluding hydrogens is 260 g/mol. The van der Waals surface area contributed by atoms with Gasteiger partial charge in [0.15, 0.2) is 5.78 Å². The highest BCUT2D eigenvalue weighted by Crippen LogP contribution is 2.56. The quantitative estimate of drug-likeness (QED) is 0.471. The number of aliphatic carboxylic acids is 1. The SMILES string of the molecule is C=C(C(=O)O)[C@@H]1CC[C@@]2(OO)C=CC(=O)[C@H](C)[C@@]2(C)C1. The highest BCUT2D eigenvalue weighted by molar-refractivity contribution is 5.93. The number of carboxylic acid groups (broad SMARTS) is 1. The van der Waals surface area contributed by atoms with Gasteiger partial charge in [-0.2, -0.15) is 0 Å². The third-order valence-electron chi connectivity index (χ3n) is 5.33. The number of fused-ring (bicyclic) bond motifs is 1. The van der Waals surface area contributed by atoms with Crippen molar-refractivity contribution in [2.45, 2.75) is 38.7 Å². The molecule has 4 atom stereocenters. The molecule has 0 amide bonds. The van der Waals surface area contributed by atoms with Gasteiger partial charge in [-0.05, 0) is 37.3 Å². The summed E-state index contributed by atoms with van der Waals surface area (Å²) in [5, 5.41) is 18.5. The molecule has 20 heavy (non-hydrogen) atoms. The first kappa shape index (κ1) is 14.9. The molecule has 0 saturated heterocycles. The van der Waals surface area contributed by atoms with Crippen molar-refractivity contribution in [3.63, 3.8) is 0 Å². The zero-order valence-corrected chi connectivity index (χ0v) is 11.8. The molecule has 0 aromatic heterocycles. The fourth-order valence-corrected chi connectivity index (χ4v) is 3.61. The van der Waals surface area contributed by atoms with Crippen LogP contribution in [0, 0.1) is 17.3 Å². The fourth-order valence-electron chi connectivity index (χ4n) is 3.61. The van der Waals surface area contributed by atoms with Gasteiger partial charge in [0.25, 0.3) is 0 Å². The molecule has 1 fully saturated rings. The van der Waals surface area contributed by atoms with Crippen LogP contribution in [0.3, 0.4) is 0 Å². The van der Waals surface area contributed by atoms with E-state index in [1.54, 1.807) is 13.0 Å². The summed E-state index contributed by atoms with van der Waals surface area (Å²) in [7, 11) is 0. The summed E-state index contributed by atoms with van der Waals surface area (Å²) < 4.78 is 0. The molecule has 1 saturated carbocycles. The molecule has 2 N–H and O–H groups in total. The zero-order valence-electron chi connectivity index (χ0n) is 11.8. The summed E-state index contributed by atoms with van der Waals surface area (Å²) in [4.78, 5) is 27.8. The van der Waals surface area contributed by atoms with E-state index in [-0.39, 0.29) is 23.2 Å². The van der Waals surface area contributed by atoms with E-state index in [0.717, 1.165) is 0 Å². The minimum atomic E-state index is -1.01. The molecule has 0 radical (unpaired) electrons. The van der Waals surface area contributed by atoms with Crippen LogP contribution in [-0.4, -0.2) is 27.7 Å². The van der Waals surface area contributed by atoms with E-state index in [1.165, 1.54) is 6.08 Å². The Hall–Kier alpha value is -1.46. The van der Waals surface area contributed by atoms with Crippen LogP contribution >= 0.6 is 0 Å². The average Bonchev–Trinajstić information content (AvgIpc) is 2.43. The van der Waals surface area contributed by atoms with E-state index >= 15 is 0 Å². The molecule has 0 aromatic rings. The molecule has 0 aromatic carbocycles. The van der Waals surface area contributed by atoms with Crippen LogP contribution in [0.2, 0.25) is 0 Å². The highest BCUT2D eigenvalue weighted by Gasteiger charge is 2.58. The van der Waals surface area contributed by atoms with Crippen LogP contribution in [0.25, 0.3) is 0 Å². The summed E-state index contributed by atoms with van der Waals surface area (Å²) in [6.07, 6.45) is 4.55. The average molecular weight is 280 g/mol. The van der Waals surface area contributed by atoms with Crippen molar-refractivity contribution in [2.24, 2.45) is 17.3 Å². The van der Waals surface area contributed by atoms with Gasteiger partial charge in [-0.3, -0.25) is 10.1 Å².